The van der Waals surface area contributed by atoms with Gasteiger partial charge in [-0.15, -0.1) is 0 Å². The Morgan fingerprint density at radius 2 is 1.95 bits per heavy atom. The van der Waals surface area contributed by atoms with Gasteiger partial charge >= 0.3 is 0 Å². The van der Waals surface area contributed by atoms with E-state index in [4.69, 9.17) is 11.6 Å². The zero-order valence-electron chi connectivity index (χ0n) is 11.6. The highest BCUT2D eigenvalue weighted by molar-refractivity contribution is 7.89. The normalized spacial score (nSPS) is 28.3. The molecule has 3 rings (SSSR count). The van der Waals surface area contributed by atoms with Crippen LogP contribution in [0.4, 0.5) is 0 Å². The number of rotatable bonds is 2. The summed E-state index contributed by atoms with van der Waals surface area (Å²) in [5, 5.41) is 0.204. The lowest BCUT2D eigenvalue weighted by Crippen LogP contribution is -2.49. The third-order valence-corrected chi connectivity index (χ3v) is 7.00. The van der Waals surface area contributed by atoms with Crippen LogP contribution in [-0.2, 0) is 17.1 Å². The Bertz CT molecular complexity index is 597. The number of hydrogen-bond acceptors (Lipinski definition) is 3. The number of imidazole rings is 1. The van der Waals surface area contributed by atoms with Gasteiger partial charge in [-0.2, -0.15) is 4.31 Å². The molecule has 1 saturated heterocycles. The van der Waals surface area contributed by atoms with Crippen LogP contribution in [-0.4, -0.2) is 34.9 Å². The third kappa shape index (κ3) is 2.27. The van der Waals surface area contributed by atoms with Crippen molar-refractivity contribution in [3.8, 4) is 0 Å². The van der Waals surface area contributed by atoms with Crippen molar-refractivity contribution < 1.29 is 8.42 Å². The summed E-state index contributed by atoms with van der Waals surface area (Å²) < 4.78 is 28.9. The zero-order chi connectivity index (χ0) is 14.3. The van der Waals surface area contributed by atoms with Gasteiger partial charge in [0.25, 0.3) is 10.0 Å². The first-order valence-corrected chi connectivity index (χ1v) is 9.02. The molecule has 0 N–H and O–H groups in total. The lowest BCUT2D eigenvalue weighted by molar-refractivity contribution is 0.129. The van der Waals surface area contributed by atoms with E-state index in [2.05, 4.69) is 4.98 Å². The van der Waals surface area contributed by atoms with Crippen LogP contribution in [0.15, 0.2) is 11.4 Å². The molecule has 2 atom stereocenters. The molecule has 5 nitrogen and oxygen atoms in total. The number of nitrogens with zero attached hydrogens (tertiary/aromatic N) is 3. The number of sulfonamides is 1. The Labute approximate surface area is 125 Å². The summed E-state index contributed by atoms with van der Waals surface area (Å²) in [6.45, 7) is 0.594. The van der Waals surface area contributed by atoms with E-state index in [0.717, 1.165) is 32.1 Å². The number of hydrogen-bond donors (Lipinski definition) is 0. The monoisotopic (exact) mass is 317 g/mol. The van der Waals surface area contributed by atoms with Crippen molar-refractivity contribution in [3.63, 3.8) is 0 Å². The van der Waals surface area contributed by atoms with Crippen molar-refractivity contribution >= 4 is 21.6 Å². The van der Waals surface area contributed by atoms with Crippen LogP contribution in [0.3, 0.4) is 0 Å². The molecule has 2 heterocycles. The molecular formula is C13H20ClN3O2S. The molecule has 20 heavy (non-hydrogen) atoms. The van der Waals surface area contributed by atoms with Crippen molar-refractivity contribution in [2.75, 3.05) is 6.54 Å². The molecule has 0 aromatic carbocycles. The highest BCUT2D eigenvalue weighted by Gasteiger charge is 2.41. The first-order chi connectivity index (χ1) is 9.51. The van der Waals surface area contributed by atoms with Gasteiger partial charge in [0.15, 0.2) is 0 Å². The number of halogens is 1. The predicted molar refractivity (Wildman–Crippen MR) is 77.1 cm³/mol. The average Bonchev–Trinajstić information content (AvgIpc) is 2.79. The minimum atomic E-state index is -3.57. The van der Waals surface area contributed by atoms with E-state index in [9.17, 15) is 8.42 Å². The topological polar surface area (TPSA) is 55.2 Å². The van der Waals surface area contributed by atoms with Gasteiger partial charge in [-0.05, 0) is 31.6 Å². The van der Waals surface area contributed by atoms with Crippen LogP contribution in [0.1, 0.15) is 38.5 Å². The minimum absolute atomic E-state index is 0.00731. The van der Waals surface area contributed by atoms with E-state index in [1.165, 1.54) is 17.3 Å². The predicted octanol–water partition coefficient (Wildman–Crippen LogP) is 2.42. The molecule has 1 saturated carbocycles. The van der Waals surface area contributed by atoms with E-state index in [0.29, 0.717) is 12.5 Å². The Morgan fingerprint density at radius 3 is 2.65 bits per heavy atom. The summed E-state index contributed by atoms with van der Waals surface area (Å²) in [7, 11) is -1.87. The summed E-state index contributed by atoms with van der Waals surface area (Å²) in [5.41, 5.74) is 0. The Kier molecular flexibility index (Phi) is 3.81. The van der Waals surface area contributed by atoms with Crippen molar-refractivity contribution in [1.82, 2.24) is 13.9 Å². The molecule has 0 radical (unpaired) electrons. The van der Waals surface area contributed by atoms with E-state index in [-0.39, 0.29) is 16.2 Å². The van der Waals surface area contributed by atoms with Gasteiger partial charge in [-0.3, -0.25) is 0 Å². The van der Waals surface area contributed by atoms with Gasteiger partial charge in [-0.25, -0.2) is 13.4 Å². The second-order valence-corrected chi connectivity index (χ2v) is 7.99. The van der Waals surface area contributed by atoms with Crippen LogP contribution in [0, 0.1) is 5.92 Å². The lowest BCUT2D eigenvalue weighted by Gasteiger charge is -2.42. The third-order valence-electron chi connectivity index (χ3n) is 4.58. The summed E-state index contributed by atoms with van der Waals surface area (Å²) in [5.74, 6) is 0.509. The van der Waals surface area contributed by atoms with Crippen molar-refractivity contribution in [3.05, 3.63) is 11.5 Å². The summed E-state index contributed by atoms with van der Waals surface area (Å²) in [4.78, 5) is 4.00. The number of aryl methyl sites for hydroxylation is 1. The van der Waals surface area contributed by atoms with Crippen LogP contribution >= 0.6 is 11.6 Å². The smallest absolute Gasteiger partial charge is 0.263 e. The van der Waals surface area contributed by atoms with Gasteiger partial charge in [0.2, 0.25) is 5.03 Å². The van der Waals surface area contributed by atoms with Gasteiger partial charge in [0.05, 0.1) is 6.33 Å². The van der Waals surface area contributed by atoms with E-state index in [1.807, 2.05) is 0 Å². The van der Waals surface area contributed by atoms with Gasteiger partial charge in [0, 0.05) is 19.6 Å². The van der Waals surface area contributed by atoms with Crippen molar-refractivity contribution in [2.24, 2.45) is 13.0 Å². The van der Waals surface area contributed by atoms with Gasteiger partial charge in [-0.1, -0.05) is 24.4 Å². The molecule has 1 aromatic rings. The van der Waals surface area contributed by atoms with Crippen molar-refractivity contribution in [2.45, 2.75) is 49.6 Å². The molecule has 112 valence electrons. The Hall–Kier alpha value is -0.590. The molecule has 0 amide bonds. The second-order valence-electron chi connectivity index (χ2n) is 5.82. The summed E-state index contributed by atoms with van der Waals surface area (Å²) >= 11 is 6.08. The molecular weight excluding hydrogens is 298 g/mol. The van der Waals surface area contributed by atoms with Gasteiger partial charge in [0.1, 0.15) is 5.15 Å². The van der Waals surface area contributed by atoms with E-state index in [1.54, 1.807) is 11.4 Å². The molecule has 2 fully saturated rings. The van der Waals surface area contributed by atoms with E-state index >= 15 is 0 Å². The Morgan fingerprint density at radius 1 is 1.25 bits per heavy atom. The highest BCUT2D eigenvalue weighted by atomic mass is 35.5. The summed E-state index contributed by atoms with van der Waals surface area (Å²) in [6, 6.07) is 0.139. The van der Waals surface area contributed by atoms with Crippen LogP contribution in [0.5, 0.6) is 0 Å². The highest BCUT2D eigenvalue weighted by Crippen LogP contribution is 2.38. The molecule has 2 aliphatic rings. The number of fused-ring (bicyclic) bond motifs is 1. The van der Waals surface area contributed by atoms with Gasteiger partial charge < -0.3 is 4.57 Å². The lowest BCUT2D eigenvalue weighted by atomic mass is 9.79. The maximum atomic E-state index is 12.8. The number of piperidine rings is 1. The standard InChI is InChI=1S/C13H20ClN3O2S/c1-16-9-15-13(12(16)14)20(18,19)17-8-4-6-10-5-2-3-7-11(10)17/h9-11H,2-8H2,1H3. The quantitative estimate of drug-likeness (QED) is 0.841. The average molecular weight is 318 g/mol. The second kappa shape index (κ2) is 5.31. The van der Waals surface area contributed by atoms with Crippen molar-refractivity contribution in [1.29, 1.82) is 0 Å². The maximum absolute atomic E-state index is 12.8. The van der Waals surface area contributed by atoms with Crippen LogP contribution in [0.2, 0.25) is 5.15 Å². The number of aromatic nitrogens is 2. The van der Waals surface area contributed by atoms with Crippen LogP contribution in [0.25, 0.3) is 0 Å². The molecule has 0 bridgehead atoms. The fourth-order valence-corrected chi connectivity index (χ4v) is 5.70. The molecule has 7 heteroatoms. The minimum Gasteiger partial charge on any atom is -0.324 e. The zero-order valence-corrected chi connectivity index (χ0v) is 13.2. The largest absolute Gasteiger partial charge is 0.324 e. The SMILES string of the molecule is Cn1cnc(S(=O)(=O)N2CCCC3CCCCC32)c1Cl. The molecule has 0 spiro atoms. The molecule has 1 aliphatic carbocycles. The molecule has 2 unspecified atom stereocenters. The maximum Gasteiger partial charge on any atom is 0.263 e. The molecule has 1 aromatic heterocycles. The fraction of sp³-hybridized carbons (Fsp3) is 0.769. The fourth-order valence-electron chi connectivity index (χ4n) is 3.56. The van der Waals surface area contributed by atoms with Crippen LogP contribution < -0.4 is 0 Å². The first kappa shape index (κ1) is 14.4. The summed E-state index contributed by atoms with van der Waals surface area (Å²) in [6.07, 6.45) is 7.98. The van der Waals surface area contributed by atoms with E-state index < -0.39 is 10.0 Å². The Balaban J connectivity index is 1.95. The first-order valence-electron chi connectivity index (χ1n) is 7.20. The molecule has 1 aliphatic heterocycles.